The molecule has 1 N–H and O–H groups in total. The lowest BCUT2D eigenvalue weighted by atomic mass is 9.51. The van der Waals surface area contributed by atoms with Gasteiger partial charge in [0.25, 0.3) is 0 Å². The fourth-order valence-corrected chi connectivity index (χ4v) is 5.70. The van der Waals surface area contributed by atoms with Crippen LogP contribution in [-0.4, -0.2) is 30.4 Å². The number of hydrogen-bond donors (Lipinski definition) is 1. The van der Waals surface area contributed by atoms with Crippen LogP contribution in [0.4, 0.5) is 5.69 Å². The van der Waals surface area contributed by atoms with Crippen molar-refractivity contribution in [2.45, 2.75) is 70.2 Å². The molecule has 0 aliphatic heterocycles. The lowest BCUT2D eigenvalue weighted by molar-refractivity contribution is -0.114. The molecule has 0 spiro atoms. The van der Waals surface area contributed by atoms with Gasteiger partial charge in [-0.1, -0.05) is 30.4 Å². The van der Waals surface area contributed by atoms with Crippen molar-refractivity contribution in [1.82, 2.24) is 0 Å². The van der Waals surface area contributed by atoms with Gasteiger partial charge in [-0.3, -0.25) is 4.79 Å². The molecule has 168 valence electrons. The molecule has 0 heterocycles. The van der Waals surface area contributed by atoms with Crippen molar-refractivity contribution in [1.29, 1.82) is 0 Å². The molecule has 0 radical (unpaired) electrons. The summed E-state index contributed by atoms with van der Waals surface area (Å²) in [6.45, 7) is -8.76. The molecule has 5 rings (SSSR count). The molecule has 2 fully saturated rings. The van der Waals surface area contributed by atoms with Gasteiger partial charge in [0.05, 0.1) is 5.48 Å². The second-order valence-corrected chi connectivity index (χ2v) is 8.73. The number of ketones is 1. The van der Waals surface area contributed by atoms with Crippen LogP contribution in [0.5, 0.6) is 0 Å². The summed E-state index contributed by atoms with van der Waals surface area (Å²) in [6, 6.07) is -4.04. The van der Waals surface area contributed by atoms with E-state index in [1.54, 1.807) is 0 Å². The SMILES string of the molecule is [2H]c1c([2H])c(N(C([2H])([2H])[2H])C([2H])([2H])[2H])c([2H])c([2H])c1[C@H]1C[C@@]2(C([2H])([2H])[2H])[C@@]([2H])(CC[C@@]2(O)C#CC)[C@]2([2H])CCC3=CC(=O)C([2H])([2H])CC3=C12. The van der Waals surface area contributed by atoms with Crippen LogP contribution in [0.3, 0.4) is 0 Å². The topological polar surface area (TPSA) is 40.5 Å². The third-order valence-corrected chi connectivity index (χ3v) is 7.14. The first-order chi connectivity index (χ1) is 22.1. The molecule has 0 bridgehead atoms. The van der Waals surface area contributed by atoms with Crippen LogP contribution in [0.15, 0.2) is 47.0 Å². The Morgan fingerprint density at radius 2 is 2.09 bits per heavy atom. The van der Waals surface area contributed by atoms with Gasteiger partial charge >= 0.3 is 0 Å². The first-order valence-electron chi connectivity index (χ1n) is 19.1. The molecule has 2 saturated carbocycles. The fraction of sp³-hybridized carbons (Fsp3) is 0.552. The highest BCUT2D eigenvalue weighted by atomic mass is 16.3. The first kappa shape index (κ1) is 9.51. The number of allylic oxidation sites excluding steroid dienone is 4. The summed E-state index contributed by atoms with van der Waals surface area (Å²) in [5, 5.41) is 12.1. The molecule has 0 aromatic heterocycles. The van der Waals surface area contributed by atoms with Crippen LogP contribution >= 0.6 is 0 Å². The van der Waals surface area contributed by atoms with Crippen LogP contribution in [0.1, 0.15) is 93.5 Å². The summed E-state index contributed by atoms with van der Waals surface area (Å²) < 4.78 is 146. The maximum atomic E-state index is 12.7. The van der Waals surface area contributed by atoms with Crippen molar-refractivity contribution in [2.75, 3.05) is 18.9 Å². The largest absolute Gasteiger partial charge is 0.378 e. The predicted octanol–water partition coefficient (Wildman–Crippen LogP) is 5.41. The van der Waals surface area contributed by atoms with Crippen molar-refractivity contribution >= 4 is 11.5 Å². The number of nitrogens with zero attached hydrogens (tertiary/aromatic N) is 1. The average Bonchev–Trinajstić information content (AvgIpc) is 3.18. The highest BCUT2D eigenvalue weighted by Gasteiger charge is 2.62. The molecule has 0 amide bonds. The average molecular weight is 447 g/mol. The molecule has 0 unspecified atom stereocenters. The van der Waals surface area contributed by atoms with Crippen LogP contribution < -0.4 is 4.90 Å². The van der Waals surface area contributed by atoms with Crippen LogP contribution in [0.2, 0.25) is 0 Å². The molecule has 5 atom stereocenters. The maximum Gasteiger partial charge on any atom is 0.156 e. The van der Waals surface area contributed by atoms with Gasteiger partial charge in [-0.05, 0) is 92.1 Å². The van der Waals surface area contributed by atoms with Gasteiger partial charge in [0.15, 0.2) is 5.78 Å². The fourth-order valence-electron chi connectivity index (χ4n) is 5.70. The number of aliphatic hydroxyl groups is 1. The minimum Gasteiger partial charge on any atom is -0.378 e. The third-order valence-electron chi connectivity index (χ3n) is 7.14. The van der Waals surface area contributed by atoms with Gasteiger partial charge < -0.3 is 10.0 Å². The van der Waals surface area contributed by atoms with Crippen molar-refractivity contribution in [3.05, 3.63) is 52.5 Å². The Balaban J connectivity index is 1.96. The summed E-state index contributed by atoms with van der Waals surface area (Å²) in [5.41, 5.74) is -6.21. The van der Waals surface area contributed by atoms with Crippen molar-refractivity contribution in [3.8, 4) is 11.8 Å². The van der Waals surface area contributed by atoms with Gasteiger partial charge in [0, 0.05) is 55.2 Å². The zero-order valence-corrected chi connectivity index (χ0v) is 17.7. The van der Waals surface area contributed by atoms with E-state index in [2.05, 4.69) is 11.8 Å². The number of carbonyl (C=O) groups is 1. The monoisotopic (exact) mass is 446 g/mol. The second-order valence-electron chi connectivity index (χ2n) is 8.73. The van der Waals surface area contributed by atoms with Crippen LogP contribution in [0.25, 0.3) is 0 Å². The van der Waals surface area contributed by atoms with E-state index in [0.29, 0.717) is 5.57 Å². The molecule has 32 heavy (non-hydrogen) atoms. The van der Waals surface area contributed by atoms with E-state index in [1.807, 2.05) is 0 Å². The van der Waals surface area contributed by atoms with Gasteiger partial charge in [-0.2, -0.15) is 0 Å². The van der Waals surface area contributed by atoms with Crippen LogP contribution in [-0.2, 0) is 4.79 Å². The zero-order valence-electron chi connectivity index (χ0n) is 34.7. The Labute approximate surface area is 216 Å². The smallest absolute Gasteiger partial charge is 0.156 e. The number of benzene rings is 1. The van der Waals surface area contributed by atoms with Crippen molar-refractivity contribution in [3.63, 3.8) is 0 Å². The molecule has 1 aromatic carbocycles. The summed E-state index contributed by atoms with van der Waals surface area (Å²) in [7, 11) is 0. The predicted molar refractivity (Wildman–Crippen MR) is 129 cm³/mol. The molecular formula is C29H35NO2. The van der Waals surface area contributed by atoms with Crippen molar-refractivity contribution < 1.29 is 33.2 Å². The molecular weight excluding hydrogens is 394 g/mol. The second kappa shape index (κ2) is 7.63. The zero-order chi connectivity index (χ0) is 37.3. The Bertz CT molecular complexity index is 1720. The minimum atomic E-state index is -3.46. The van der Waals surface area contributed by atoms with E-state index in [4.69, 9.17) is 20.6 Å². The Hall–Kier alpha value is -2.31. The van der Waals surface area contributed by atoms with Gasteiger partial charge in [-0.15, -0.1) is 5.92 Å². The number of carbonyl (C=O) groups excluding carboxylic acids is 1. The van der Waals surface area contributed by atoms with E-state index in [0.717, 1.165) is 6.08 Å². The van der Waals surface area contributed by atoms with Gasteiger partial charge in [0.1, 0.15) is 5.60 Å². The highest BCUT2D eigenvalue weighted by molar-refractivity contribution is 5.93. The van der Waals surface area contributed by atoms with Crippen molar-refractivity contribution in [2.24, 2.45) is 17.2 Å². The van der Waals surface area contributed by atoms with Gasteiger partial charge in [-0.25, -0.2) is 0 Å². The summed E-state index contributed by atoms with van der Waals surface area (Å²) in [5.74, 6) is -1.93. The first-order valence-corrected chi connectivity index (χ1v) is 10.6. The highest BCUT2D eigenvalue weighted by Crippen LogP contribution is 2.66. The van der Waals surface area contributed by atoms with E-state index < -0.39 is 110 Å². The number of hydrogen-bond acceptors (Lipinski definition) is 3. The molecule has 4 aliphatic rings. The molecule has 4 aliphatic carbocycles. The molecule has 1 aromatic rings. The Kier molecular flexibility index (Phi) is 2.27. The molecule has 3 heteroatoms. The quantitative estimate of drug-likeness (QED) is 0.618. The number of rotatable bonds is 2. The number of anilines is 1. The Morgan fingerprint density at radius 3 is 2.81 bits per heavy atom. The summed E-state index contributed by atoms with van der Waals surface area (Å²) in [4.78, 5) is 12.5. The molecule has 3 nitrogen and oxygen atoms in total. The lowest BCUT2D eigenvalue weighted by Crippen LogP contribution is -2.51. The summed E-state index contributed by atoms with van der Waals surface area (Å²) >= 11 is 0. The van der Waals surface area contributed by atoms with E-state index >= 15 is 0 Å². The standard InChI is InChI=1S/C29H35NO2/c1-5-15-29(32)16-14-26-24-12-8-20-17-22(31)11-13-23(20)27(24)25(18-28(26,29)2)19-6-9-21(10-7-19)30(3)4/h6-7,9-10,17,24-26,32H,8,11-14,16,18H2,1-4H3/t24-,25+,26-,28-,29-/m0/s1/i2D3,3D3,4D3,6D,7D,9D,10D,11D2,24D,26D. The van der Waals surface area contributed by atoms with E-state index in [9.17, 15) is 12.6 Å². The summed E-state index contributed by atoms with van der Waals surface area (Å²) in [6.07, 6.45) is -3.74. The van der Waals surface area contributed by atoms with E-state index in [1.165, 1.54) is 6.92 Å². The number of fused-ring (bicyclic) bond motifs is 4. The lowest BCUT2D eigenvalue weighted by Gasteiger charge is -2.53. The maximum absolute atomic E-state index is 12.7. The third kappa shape index (κ3) is 3.11. The normalized spacial score (nSPS) is 50.9. The Morgan fingerprint density at radius 1 is 1.28 bits per heavy atom. The van der Waals surface area contributed by atoms with E-state index in [-0.39, 0.29) is 41.7 Å². The molecule has 0 saturated heterocycles. The van der Waals surface area contributed by atoms with Gasteiger partial charge in [0.2, 0.25) is 0 Å². The van der Waals surface area contributed by atoms with Crippen LogP contribution in [0, 0.1) is 29.0 Å². The minimum absolute atomic E-state index is 0.0353.